The summed E-state index contributed by atoms with van der Waals surface area (Å²) in [6, 6.07) is 10.6. The van der Waals surface area contributed by atoms with Gasteiger partial charge in [-0.3, -0.25) is 0 Å². The molecule has 2 aromatic rings. The van der Waals surface area contributed by atoms with Gasteiger partial charge in [0.2, 0.25) is 0 Å². The Bertz CT molecular complexity index is 718. The molecule has 1 heterocycles. The van der Waals surface area contributed by atoms with E-state index in [9.17, 15) is 0 Å². The second-order valence-electron chi connectivity index (χ2n) is 6.01. The van der Waals surface area contributed by atoms with Gasteiger partial charge in [0.15, 0.2) is 23.0 Å². The van der Waals surface area contributed by atoms with Gasteiger partial charge in [0, 0.05) is 34.6 Å². The summed E-state index contributed by atoms with van der Waals surface area (Å²) in [7, 11) is 1.57. The number of hydrogen-bond donors (Lipinski definition) is 1. The molecule has 0 radical (unpaired) electrons. The second kappa shape index (κ2) is 8.65. The van der Waals surface area contributed by atoms with Crippen molar-refractivity contribution in [3.63, 3.8) is 0 Å². The van der Waals surface area contributed by atoms with Gasteiger partial charge in [-0.25, -0.2) is 0 Å². The number of halogens is 2. The van der Waals surface area contributed by atoms with Gasteiger partial charge in [0.1, 0.15) is 0 Å². The molecule has 2 aromatic carbocycles. The van der Waals surface area contributed by atoms with Crippen LogP contribution in [0.15, 0.2) is 36.4 Å². The summed E-state index contributed by atoms with van der Waals surface area (Å²) >= 11 is 12.1. The quantitative estimate of drug-likeness (QED) is 0.748. The van der Waals surface area contributed by atoms with Crippen molar-refractivity contribution in [3.8, 4) is 23.0 Å². The molecular weight excluding hydrogens is 361 g/mol. The predicted octanol–water partition coefficient (Wildman–Crippen LogP) is 5.17. The Hall–Kier alpha value is -1.62. The standard InChI is InChI=1S/C19H21Cl2NO3/c1-23-18-9-14(20)5-7-17(18)25-19-10-15(21)4-6-16(19)24-12-13-3-2-8-22-11-13/h4-7,9-10,13,22H,2-3,8,11-12H2,1H3. The number of rotatable bonds is 6. The topological polar surface area (TPSA) is 39.7 Å². The molecule has 0 spiro atoms. The molecule has 1 aliphatic heterocycles. The van der Waals surface area contributed by atoms with Crippen LogP contribution in [0.25, 0.3) is 0 Å². The van der Waals surface area contributed by atoms with Gasteiger partial charge >= 0.3 is 0 Å². The van der Waals surface area contributed by atoms with Crippen molar-refractivity contribution < 1.29 is 14.2 Å². The Morgan fingerprint density at radius 3 is 2.40 bits per heavy atom. The molecule has 1 N–H and O–H groups in total. The first-order valence-corrected chi connectivity index (χ1v) is 9.06. The van der Waals surface area contributed by atoms with E-state index < -0.39 is 0 Å². The lowest BCUT2D eigenvalue weighted by atomic mass is 10.0. The summed E-state index contributed by atoms with van der Waals surface area (Å²) in [6.45, 7) is 2.71. The van der Waals surface area contributed by atoms with Gasteiger partial charge < -0.3 is 19.5 Å². The van der Waals surface area contributed by atoms with E-state index >= 15 is 0 Å². The van der Waals surface area contributed by atoms with E-state index in [0.29, 0.717) is 45.6 Å². The zero-order valence-electron chi connectivity index (χ0n) is 14.1. The van der Waals surface area contributed by atoms with Crippen molar-refractivity contribution in [1.82, 2.24) is 5.32 Å². The van der Waals surface area contributed by atoms with Crippen LogP contribution < -0.4 is 19.5 Å². The summed E-state index contributed by atoms with van der Waals surface area (Å²) in [5.74, 6) is 2.82. The van der Waals surface area contributed by atoms with E-state index in [1.54, 1.807) is 37.4 Å². The van der Waals surface area contributed by atoms with E-state index in [2.05, 4.69) is 5.32 Å². The molecule has 4 nitrogen and oxygen atoms in total. The van der Waals surface area contributed by atoms with Gasteiger partial charge in [0.05, 0.1) is 13.7 Å². The van der Waals surface area contributed by atoms with Crippen LogP contribution >= 0.6 is 23.2 Å². The third-order valence-corrected chi connectivity index (χ3v) is 4.60. The van der Waals surface area contributed by atoms with Crippen LogP contribution in [-0.4, -0.2) is 26.8 Å². The minimum atomic E-state index is 0.502. The molecular formula is C19H21Cl2NO3. The maximum atomic E-state index is 6.13. The Morgan fingerprint density at radius 1 is 1.00 bits per heavy atom. The third-order valence-electron chi connectivity index (χ3n) is 4.12. The molecule has 1 atom stereocenters. The van der Waals surface area contributed by atoms with Gasteiger partial charge in [-0.1, -0.05) is 23.2 Å². The lowest BCUT2D eigenvalue weighted by molar-refractivity contribution is 0.213. The predicted molar refractivity (Wildman–Crippen MR) is 101 cm³/mol. The van der Waals surface area contributed by atoms with Gasteiger partial charge in [-0.2, -0.15) is 0 Å². The molecule has 1 aliphatic rings. The van der Waals surface area contributed by atoms with Crippen molar-refractivity contribution in [2.45, 2.75) is 12.8 Å². The summed E-state index contributed by atoms with van der Waals surface area (Å²) in [5, 5.41) is 4.55. The monoisotopic (exact) mass is 381 g/mol. The highest BCUT2D eigenvalue weighted by Crippen LogP contribution is 2.39. The number of ether oxygens (including phenoxy) is 3. The molecule has 25 heavy (non-hydrogen) atoms. The molecule has 0 aromatic heterocycles. The molecule has 1 saturated heterocycles. The SMILES string of the molecule is COc1cc(Cl)ccc1Oc1cc(Cl)ccc1OCC1CCCNC1. The molecule has 6 heteroatoms. The first-order chi connectivity index (χ1) is 12.2. The average Bonchev–Trinajstić information content (AvgIpc) is 2.63. The van der Waals surface area contributed by atoms with Crippen LogP contribution in [0.1, 0.15) is 12.8 Å². The maximum Gasteiger partial charge on any atom is 0.170 e. The second-order valence-corrected chi connectivity index (χ2v) is 6.88. The fourth-order valence-corrected chi connectivity index (χ4v) is 3.12. The maximum absolute atomic E-state index is 6.13. The normalized spacial score (nSPS) is 17.2. The summed E-state index contributed by atoms with van der Waals surface area (Å²) < 4.78 is 17.3. The lowest BCUT2D eigenvalue weighted by Crippen LogP contribution is -2.33. The zero-order chi connectivity index (χ0) is 17.6. The number of benzene rings is 2. The Morgan fingerprint density at radius 2 is 1.72 bits per heavy atom. The molecule has 3 rings (SSSR count). The van der Waals surface area contributed by atoms with Gasteiger partial charge in [-0.05, 0) is 43.7 Å². The van der Waals surface area contributed by atoms with Crippen LogP contribution in [0.3, 0.4) is 0 Å². The smallest absolute Gasteiger partial charge is 0.170 e. The molecule has 0 saturated carbocycles. The highest BCUT2D eigenvalue weighted by atomic mass is 35.5. The molecule has 0 aliphatic carbocycles. The average molecular weight is 382 g/mol. The van der Waals surface area contributed by atoms with E-state index in [0.717, 1.165) is 13.1 Å². The number of piperidine rings is 1. The minimum absolute atomic E-state index is 0.502. The fourth-order valence-electron chi connectivity index (χ4n) is 2.80. The highest BCUT2D eigenvalue weighted by molar-refractivity contribution is 6.31. The summed E-state index contributed by atoms with van der Waals surface area (Å²) in [6.07, 6.45) is 2.35. The molecule has 1 fully saturated rings. The number of methoxy groups -OCH3 is 1. The van der Waals surface area contributed by atoms with Crippen molar-refractivity contribution in [2.75, 3.05) is 26.8 Å². The third kappa shape index (κ3) is 4.94. The van der Waals surface area contributed by atoms with E-state index in [-0.39, 0.29) is 0 Å². The number of hydrogen-bond acceptors (Lipinski definition) is 4. The van der Waals surface area contributed by atoms with Crippen LogP contribution in [-0.2, 0) is 0 Å². The van der Waals surface area contributed by atoms with E-state index in [1.807, 2.05) is 6.07 Å². The van der Waals surface area contributed by atoms with Crippen LogP contribution in [0.5, 0.6) is 23.0 Å². The first-order valence-electron chi connectivity index (χ1n) is 8.30. The van der Waals surface area contributed by atoms with Crippen LogP contribution in [0, 0.1) is 5.92 Å². The highest BCUT2D eigenvalue weighted by Gasteiger charge is 2.16. The van der Waals surface area contributed by atoms with Crippen molar-refractivity contribution in [3.05, 3.63) is 46.4 Å². The molecule has 0 bridgehead atoms. The summed E-state index contributed by atoms with van der Waals surface area (Å²) in [4.78, 5) is 0. The number of nitrogens with one attached hydrogen (secondary N) is 1. The van der Waals surface area contributed by atoms with Gasteiger partial charge in [0.25, 0.3) is 0 Å². The van der Waals surface area contributed by atoms with Crippen LogP contribution in [0.4, 0.5) is 0 Å². The van der Waals surface area contributed by atoms with Crippen molar-refractivity contribution in [1.29, 1.82) is 0 Å². The largest absolute Gasteiger partial charge is 0.493 e. The van der Waals surface area contributed by atoms with Gasteiger partial charge in [-0.15, -0.1) is 0 Å². The van der Waals surface area contributed by atoms with Crippen molar-refractivity contribution in [2.24, 2.45) is 5.92 Å². The molecule has 1 unspecified atom stereocenters. The first kappa shape index (κ1) is 18.2. The van der Waals surface area contributed by atoms with Crippen molar-refractivity contribution >= 4 is 23.2 Å². The Kier molecular flexibility index (Phi) is 6.29. The van der Waals surface area contributed by atoms with E-state index in [1.165, 1.54) is 12.8 Å². The Balaban J connectivity index is 1.77. The molecule has 0 amide bonds. The lowest BCUT2D eigenvalue weighted by Gasteiger charge is -2.23. The summed E-state index contributed by atoms with van der Waals surface area (Å²) in [5.41, 5.74) is 0. The van der Waals surface area contributed by atoms with E-state index in [4.69, 9.17) is 37.4 Å². The minimum Gasteiger partial charge on any atom is -0.493 e. The zero-order valence-corrected chi connectivity index (χ0v) is 15.6. The Labute approximate surface area is 158 Å². The van der Waals surface area contributed by atoms with Crippen LogP contribution in [0.2, 0.25) is 10.0 Å². The fraction of sp³-hybridized carbons (Fsp3) is 0.368. The molecule has 134 valence electrons.